The van der Waals surface area contributed by atoms with E-state index >= 15 is 0 Å². The van der Waals surface area contributed by atoms with Crippen molar-refractivity contribution in [3.8, 4) is 0 Å². The molecule has 1 fully saturated rings. The topological polar surface area (TPSA) is 137 Å². The van der Waals surface area contributed by atoms with Crippen LogP contribution in [0.1, 0.15) is 11.7 Å². The van der Waals surface area contributed by atoms with Crippen molar-refractivity contribution in [3.05, 3.63) is 36.5 Å². The number of amides is 1. The van der Waals surface area contributed by atoms with Crippen molar-refractivity contribution in [2.75, 3.05) is 35.0 Å². The van der Waals surface area contributed by atoms with Gasteiger partial charge in [0.15, 0.2) is 11.5 Å². The van der Waals surface area contributed by atoms with Gasteiger partial charge in [-0.25, -0.2) is 9.67 Å². The van der Waals surface area contributed by atoms with Crippen LogP contribution in [0.2, 0.25) is 0 Å². The second kappa shape index (κ2) is 8.64. The molecule has 4 aromatic heterocycles. The SMILES string of the molecule is Cc1ncc(NC(=O)CCl)cc1Nc1nn(C)c2nc(Nc3cnn(C4COC4)c3)ncc12. The number of hydrogen-bond acceptors (Lipinski definition) is 9. The first-order valence-corrected chi connectivity index (χ1v) is 10.7. The minimum Gasteiger partial charge on any atom is -0.377 e. The maximum atomic E-state index is 11.6. The van der Waals surface area contributed by atoms with Gasteiger partial charge in [-0.1, -0.05) is 0 Å². The van der Waals surface area contributed by atoms with Crippen LogP contribution in [0.4, 0.5) is 28.8 Å². The molecule has 0 aromatic carbocycles. The number of hydrogen-bond donors (Lipinski definition) is 3. The number of anilines is 5. The Hall–Kier alpha value is -3.77. The van der Waals surface area contributed by atoms with Crippen molar-refractivity contribution in [2.24, 2.45) is 7.05 Å². The third kappa shape index (κ3) is 4.30. The number of ether oxygens (including phenoxy) is 1. The highest BCUT2D eigenvalue weighted by Crippen LogP contribution is 2.28. The van der Waals surface area contributed by atoms with Crippen LogP contribution in [-0.2, 0) is 16.6 Å². The van der Waals surface area contributed by atoms with Gasteiger partial charge in [-0.05, 0) is 13.0 Å². The Kier molecular flexibility index (Phi) is 5.52. The standard InChI is InChI=1S/C20H21ClN10O2/c1-11-16(3-12(5-22-11)25-17(32)4-21)27-18-15-7-23-20(28-19(15)30(2)29-18)26-13-6-24-31(8-13)14-9-33-10-14/h3,5-8,14H,4,9-10H2,1-2H3,(H,25,32)(H,27,29)(H,23,26,28). The molecule has 1 amide bonds. The van der Waals surface area contributed by atoms with Crippen LogP contribution in [0.5, 0.6) is 0 Å². The first kappa shape index (κ1) is 21.1. The van der Waals surface area contributed by atoms with Crippen LogP contribution in [0.25, 0.3) is 11.0 Å². The van der Waals surface area contributed by atoms with Gasteiger partial charge in [0, 0.05) is 19.4 Å². The second-order valence-corrected chi connectivity index (χ2v) is 7.86. The third-order valence-corrected chi connectivity index (χ3v) is 5.42. The maximum absolute atomic E-state index is 11.6. The lowest BCUT2D eigenvalue weighted by Crippen LogP contribution is -2.30. The van der Waals surface area contributed by atoms with Crippen molar-refractivity contribution in [1.82, 2.24) is 34.5 Å². The molecule has 0 saturated carbocycles. The summed E-state index contributed by atoms with van der Waals surface area (Å²) in [5.41, 5.74) is 3.40. The molecular formula is C20H21ClN10O2. The Bertz CT molecular complexity index is 1330. The predicted octanol–water partition coefficient (Wildman–Crippen LogP) is 2.50. The minimum atomic E-state index is -0.309. The van der Waals surface area contributed by atoms with Crippen LogP contribution >= 0.6 is 11.6 Å². The largest absolute Gasteiger partial charge is 0.377 e. The van der Waals surface area contributed by atoms with Gasteiger partial charge in [-0.3, -0.25) is 14.5 Å². The van der Waals surface area contributed by atoms with Crippen molar-refractivity contribution >= 4 is 57.4 Å². The van der Waals surface area contributed by atoms with E-state index in [-0.39, 0.29) is 17.8 Å². The smallest absolute Gasteiger partial charge is 0.239 e. The third-order valence-electron chi connectivity index (χ3n) is 5.18. The van der Waals surface area contributed by atoms with E-state index in [4.69, 9.17) is 16.3 Å². The summed E-state index contributed by atoms with van der Waals surface area (Å²) >= 11 is 5.57. The number of alkyl halides is 1. The number of aromatic nitrogens is 7. The molecule has 33 heavy (non-hydrogen) atoms. The average Bonchev–Trinajstić information content (AvgIpc) is 3.33. The van der Waals surface area contributed by atoms with Crippen molar-refractivity contribution in [3.63, 3.8) is 0 Å². The van der Waals surface area contributed by atoms with Crippen molar-refractivity contribution in [2.45, 2.75) is 13.0 Å². The predicted molar refractivity (Wildman–Crippen MR) is 123 cm³/mol. The summed E-state index contributed by atoms with van der Waals surface area (Å²) in [4.78, 5) is 24.9. The fourth-order valence-electron chi connectivity index (χ4n) is 3.35. The van der Waals surface area contributed by atoms with E-state index in [0.717, 1.165) is 16.8 Å². The first-order valence-electron chi connectivity index (χ1n) is 10.2. The Morgan fingerprint density at radius 2 is 2.06 bits per heavy atom. The molecule has 5 rings (SSSR count). The number of carbonyl (C=O) groups excluding carboxylic acids is 1. The van der Waals surface area contributed by atoms with Crippen LogP contribution in [0, 0.1) is 6.92 Å². The number of pyridine rings is 1. The van der Waals surface area contributed by atoms with Gasteiger partial charge in [0.25, 0.3) is 0 Å². The van der Waals surface area contributed by atoms with E-state index < -0.39 is 0 Å². The summed E-state index contributed by atoms with van der Waals surface area (Å²) in [6.07, 6.45) is 6.91. The van der Waals surface area contributed by atoms with Crippen LogP contribution in [-0.4, -0.2) is 59.5 Å². The number of nitrogens with zero attached hydrogens (tertiary/aromatic N) is 7. The second-order valence-electron chi connectivity index (χ2n) is 7.59. The molecule has 0 spiro atoms. The van der Waals surface area contributed by atoms with Crippen LogP contribution in [0.3, 0.4) is 0 Å². The van der Waals surface area contributed by atoms with E-state index in [1.807, 2.05) is 17.8 Å². The first-order chi connectivity index (χ1) is 16.0. The molecule has 0 bridgehead atoms. The molecule has 13 heteroatoms. The van der Waals surface area contributed by atoms with Gasteiger partial charge in [0.2, 0.25) is 11.9 Å². The lowest BCUT2D eigenvalue weighted by atomic mass is 10.2. The highest BCUT2D eigenvalue weighted by molar-refractivity contribution is 6.29. The van der Waals surface area contributed by atoms with Crippen LogP contribution < -0.4 is 16.0 Å². The minimum absolute atomic E-state index is 0.134. The maximum Gasteiger partial charge on any atom is 0.239 e. The number of halogens is 1. The molecule has 3 N–H and O–H groups in total. The number of fused-ring (bicyclic) bond motifs is 1. The highest BCUT2D eigenvalue weighted by atomic mass is 35.5. The van der Waals surface area contributed by atoms with Gasteiger partial charge < -0.3 is 20.7 Å². The average molecular weight is 469 g/mol. The Morgan fingerprint density at radius 3 is 2.82 bits per heavy atom. The highest BCUT2D eigenvalue weighted by Gasteiger charge is 2.21. The van der Waals surface area contributed by atoms with E-state index in [1.54, 1.807) is 36.4 Å². The number of nitrogens with one attached hydrogen (secondary N) is 3. The zero-order chi connectivity index (χ0) is 22.9. The summed E-state index contributed by atoms with van der Waals surface area (Å²) in [6, 6.07) is 2.05. The normalized spacial score (nSPS) is 13.7. The summed E-state index contributed by atoms with van der Waals surface area (Å²) in [6.45, 7) is 3.20. The molecule has 0 radical (unpaired) electrons. The molecule has 170 valence electrons. The molecule has 0 aliphatic carbocycles. The van der Waals surface area contributed by atoms with E-state index in [0.29, 0.717) is 42.0 Å². The zero-order valence-electron chi connectivity index (χ0n) is 17.9. The van der Waals surface area contributed by atoms with E-state index in [9.17, 15) is 4.79 Å². The van der Waals surface area contributed by atoms with E-state index in [1.165, 1.54) is 0 Å². The molecule has 1 aliphatic heterocycles. The molecule has 12 nitrogen and oxygen atoms in total. The molecule has 1 saturated heterocycles. The molecule has 0 unspecified atom stereocenters. The molecule has 1 aliphatic rings. The lowest BCUT2D eigenvalue weighted by Gasteiger charge is -2.25. The fraction of sp³-hybridized carbons (Fsp3) is 0.300. The molecule has 4 aromatic rings. The Balaban J connectivity index is 1.37. The summed E-state index contributed by atoms with van der Waals surface area (Å²) < 4.78 is 8.75. The Labute approximate surface area is 193 Å². The number of carbonyl (C=O) groups is 1. The Morgan fingerprint density at radius 1 is 1.21 bits per heavy atom. The molecule has 5 heterocycles. The molecular weight excluding hydrogens is 448 g/mol. The zero-order valence-corrected chi connectivity index (χ0v) is 18.7. The van der Waals surface area contributed by atoms with Gasteiger partial charge in [0.05, 0.1) is 59.8 Å². The number of aryl methyl sites for hydroxylation is 2. The molecule has 0 atom stereocenters. The fourth-order valence-corrected chi connectivity index (χ4v) is 3.41. The summed E-state index contributed by atoms with van der Waals surface area (Å²) in [5.74, 6) is 0.564. The van der Waals surface area contributed by atoms with Crippen molar-refractivity contribution in [1.29, 1.82) is 0 Å². The van der Waals surface area contributed by atoms with Gasteiger partial charge in [-0.15, -0.1) is 11.6 Å². The van der Waals surface area contributed by atoms with Crippen molar-refractivity contribution < 1.29 is 9.53 Å². The van der Waals surface area contributed by atoms with Gasteiger partial charge in [-0.2, -0.15) is 15.2 Å². The van der Waals surface area contributed by atoms with Crippen LogP contribution in [0.15, 0.2) is 30.9 Å². The van der Waals surface area contributed by atoms with Gasteiger partial charge in [0.1, 0.15) is 5.88 Å². The van der Waals surface area contributed by atoms with E-state index in [2.05, 4.69) is 41.1 Å². The van der Waals surface area contributed by atoms with Gasteiger partial charge >= 0.3 is 0 Å². The quantitative estimate of drug-likeness (QED) is 0.349. The summed E-state index contributed by atoms with van der Waals surface area (Å²) in [7, 11) is 1.81. The summed E-state index contributed by atoms with van der Waals surface area (Å²) in [5, 5.41) is 18.8. The number of rotatable bonds is 7. The lowest BCUT2D eigenvalue weighted by molar-refractivity contribution is -0.113. The monoisotopic (exact) mass is 468 g/mol.